The van der Waals surface area contributed by atoms with Gasteiger partial charge in [0.25, 0.3) is 0 Å². The van der Waals surface area contributed by atoms with Gasteiger partial charge in [-0.2, -0.15) is 0 Å². The summed E-state index contributed by atoms with van der Waals surface area (Å²) in [6.07, 6.45) is 0. The van der Waals surface area contributed by atoms with Crippen LogP contribution >= 0.6 is 0 Å². The Morgan fingerprint density at radius 1 is 1.00 bits per heavy atom. The molecule has 2 rings (SSSR count). The molecule has 118 valence electrons. The van der Waals surface area contributed by atoms with Crippen LogP contribution in [0.4, 0.5) is 0 Å². The van der Waals surface area contributed by atoms with E-state index in [-0.39, 0.29) is 12.6 Å². The largest absolute Gasteiger partial charge is 0.493 e. The summed E-state index contributed by atoms with van der Waals surface area (Å²) in [4.78, 5) is 0. The van der Waals surface area contributed by atoms with E-state index < -0.39 is 0 Å². The first kappa shape index (κ1) is 16.5. The number of nitrogens with one attached hydrogen (secondary N) is 1. The van der Waals surface area contributed by atoms with Crippen molar-refractivity contribution in [2.24, 2.45) is 5.92 Å². The Balaban J connectivity index is 1.88. The van der Waals surface area contributed by atoms with E-state index in [1.54, 1.807) is 0 Å². The van der Waals surface area contributed by atoms with Gasteiger partial charge in [-0.15, -0.1) is 0 Å². The minimum Gasteiger partial charge on any atom is -0.493 e. The molecule has 22 heavy (non-hydrogen) atoms. The highest BCUT2D eigenvalue weighted by molar-refractivity contribution is 5.27. The predicted octanol–water partition coefficient (Wildman–Crippen LogP) is 3.54. The number of benzene rings is 2. The Morgan fingerprint density at radius 3 is 2.27 bits per heavy atom. The topological polar surface area (TPSA) is 41.5 Å². The Hall–Kier alpha value is -1.84. The highest BCUT2D eigenvalue weighted by Crippen LogP contribution is 2.15. The maximum absolute atomic E-state index is 9.54. The van der Waals surface area contributed by atoms with Gasteiger partial charge in [-0.1, -0.05) is 56.3 Å². The van der Waals surface area contributed by atoms with Crippen molar-refractivity contribution in [3.8, 4) is 5.75 Å². The van der Waals surface area contributed by atoms with Crippen molar-refractivity contribution in [3.05, 3.63) is 65.7 Å². The van der Waals surface area contributed by atoms with Gasteiger partial charge in [-0.25, -0.2) is 0 Å². The van der Waals surface area contributed by atoms with Crippen LogP contribution in [0.15, 0.2) is 54.6 Å². The van der Waals surface area contributed by atoms with Crippen LogP contribution in [0.1, 0.15) is 31.0 Å². The van der Waals surface area contributed by atoms with Crippen LogP contribution in [-0.4, -0.2) is 18.3 Å². The van der Waals surface area contributed by atoms with Crippen molar-refractivity contribution < 1.29 is 9.84 Å². The molecular formula is C19H25NO2. The summed E-state index contributed by atoms with van der Waals surface area (Å²) < 4.78 is 5.68. The summed E-state index contributed by atoms with van der Waals surface area (Å²) in [6, 6.07) is 18.1. The molecule has 0 fully saturated rings. The van der Waals surface area contributed by atoms with Gasteiger partial charge in [-0.05, 0) is 29.2 Å². The van der Waals surface area contributed by atoms with Crippen molar-refractivity contribution in [1.29, 1.82) is 0 Å². The van der Waals surface area contributed by atoms with E-state index in [0.717, 1.165) is 17.9 Å². The Kier molecular flexibility index (Phi) is 6.44. The molecule has 1 atom stereocenters. The lowest BCUT2D eigenvalue weighted by atomic mass is 10.1. The van der Waals surface area contributed by atoms with Crippen molar-refractivity contribution in [3.63, 3.8) is 0 Å². The summed E-state index contributed by atoms with van der Waals surface area (Å²) in [5.74, 6) is 1.43. The summed E-state index contributed by atoms with van der Waals surface area (Å²) >= 11 is 0. The number of ether oxygens (including phenoxy) is 1. The fourth-order valence-corrected chi connectivity index (χ4v) is 2.18. The van der Waals surface area contributed by atoms with Crippen LogP contribution in [0.5, 0.6) is 5.75 Å². The quantitative estimate of drug-likeness (QED) is 0.783. The van der Waals surface area contributed by atoms with E-state index in [1.807, 2.05) is 42.5 Å². The summed E-state index contributed by atoms with van der Waals surface area (Å²) in [5, 5.41) is 12.9. The van der Waals surface area contributed by atoms with Crippen molar-refractivity contribution in [2.45, 2.75) is 26.4 Å². The predicted molar refractivity (Wildman–Crippen MR) is 89.9 cm³/mol. The van der Waals surface area contributed by atoms with Crippen LogP contribution in [-0.2, 0) is 6.54 Å². The SMILES string of the molecule is CC(C)COc1ccc(CNC(CO)c2ccccc2)cc1. The molecule has 0 saturated heterocycles. The van der Waals surface area contributed by atoms with E-state index in [0.29, 0.717) is 12.5 Å². The number of aliphatic hydroxyl groups excluding tert-OH is 1. The molecule has 1 unspecified atom stereocenters. The number of hydrogen-bond donors (Lipinski definition) is 2. The highest BCUT2D eigenvalue weighted by Gasteiger charge is 2.09. The monoisotopic (exact) mass is 299 g/mol. The minimum atomic E-state index is -0.0435. The van der Waals surface area contributed by atoms with Crippen LogP contribution in [0.25, 0.3) is 0 Å². The molecule has 0 heterocycles. The Morgan fingerprint density at radius 2 is 1.68 bits per heavy atom. The molecule has 0 radical (unpaired) electrons. The third-order valence-corrected chi connectivity index (χ3v) is 3.44. The van der Waals surface area contributed by atoms with Crippen molar-refractivity contribution in [1.82, 2.24) is 5.32 Å². The number of rotatable bonds is 8. The second-order valence-electron chi connectivity index (χ2n) is 5.88. The fraction of sp³-hybridized carbons (Fsp3) is 0.368. The number of aliphatic hydroxyl groups is 1. The van der Waals surface area contributed by atoms with E-state index in [9.17, 15) is 5.11 Å². The van der Waals surface area contributed by atoms with E-state index in [1.165, 1.54) is 5.56 Å². The second-order valence-corrected chi connectivity index (χ2v) is 5.88. The normalized spacial score (nSPS) is 12.4. The van der Waals surface area contributed by atoms with Crippen LogP contribution in [0.3, 0.4) is 0 Å². The zero-order valence-corrected chi connectivity index (χ0v) is 13.3. The molecule has 0 spiro atoms. The van der Waals surface area contributed by atoms with Gasteiger partial charge in [-0.3, -0.25) is 0 Å². The average Bonchev–Trinajstić information content (AvgIpc) is 2.55. The van der Waals surface area contributed by atoms with E-state index in [4.69, 9.17) is 4.74 Å². The van der Waals surface area contributed by atoms with Gasteiger partial charge in [0.05, 0.1) is 19.3 Å². The third-order valence-electron chi connectivity index (χ3n) is 3.44. The van der Waals surface area contributed by atoms with Gasteiger partial charge in [0.15, 0.2) is 0 Å². The minimum absolute atomic E-state index is 0.0435. The molecule has 3 nitrogen and oxygen atoms in total. The summed E-state index contributed by atoms with van der Waals surface area (Å²) in [6.45, 7) is 5.80. The van der Waals surface area contributed by atoms with Crippen LogP contribution < -0.4 is 10.1 Å². The second kappa shape index (κ2) is 8.57. The highest BCUT2D eigenvalue weighted by atomic mass is 16.5. The molecule has 0 saturated carbocycles. The maximum Gasteiger partial charge on any atom is 0.119 e. The first-order valence-corrected chi connectivity index (χ1v) is 7.80. The lowest BCUT2D eigenvalue weighted by Gasteiger charge is -2.17. The third kappa shape index (κ3) is 5.17. The first-order chi connectivity index (χ1) is 10.7. The molecule has 0 bridgehead atoms. The molecule has 0 aliphatic heterocycles. The maximum atomic E-state index is 9.54. The zero-order chi connectivity index (χ0) is 15.8. The molecule has 3 heteroatoms. The molecule has 2 N–H and O–H groups in total. The van der Waals surface area contributed by atoms with Crippen LogP contribution in [0, 0.1) is 5.92 Å². The zero-order valence-electron chi connectivity index (χ0n) is 13.3. The van der Waals surface area contributed by atoms with Gasteiger partial charge >= 0.3 is 0 Å². The summed E-state index contributed by atoms with van der Waals surface area (Å²) in [5.41, 5.74) is 2.27. The molecular weight excluding hydrogens is 274 g/mol. The average molecular weight is 299 g/mol. The lowest BCUT2D eigenvalue weighted by molar-refractivity contribution is 0.243. The molecule has 2 aromatic carbocycles. The lowest BCUT2D eigenvalue weighted by Crippen LogP contribution is -2.23. The van der Waals surface area contributed by atoms with Crippen LogP contribution in [0.2, 0.25) is 0 Å². The molecule has 2 aromatic rings. The Labute approximate surface area is 133 Å². The standard InChI is InChI=1S/C19H25NO2/c1-15(2)14-22-18-10-8-16(9-11-18)12-20-19(13-21)17-6-4-3-5-7-17/h3-11,15,19-21H,12-14H2,1-2H3. The van der Waals surface area contributed by atoms with Gasteiger partial charge in [0.1, 0.15) is 5.75 Å². The molecule has 0 aromatic heterocycles. The smallest absolute Gasteiger partial charge is 0.119 e. The number of hydrogen-bond acceptors (Lipinski definition) is 3. The first-order valence-electron chi connectivity index (χ1n) is 7.80. The van der Waals surface area contributed by atoms with Gasteiger partial charge in [0, 0.05) is 6.54 Å². The van der Waals surface area contributed by atoms with E-state index >= 15 is 0 Å². The van der Waals surface area contributed by atoms with E-state index in [2.05, 4.69) is 31.3 Å². The van der Waals surface area contributed by atoms with Gasteiger partial charge in [0.2, 0.25) is 0 Å². The van der Waals surface area contributed by atoms with Crippen molar-refractivity contribution >= 4 is 0 Å². The molecule has 0 aliphatic carbocycles. The van der Waals surface area contributed by atoms with Crippen molar-refractivity contribution in [2.75, 3.05) is 13.2 Å². The Bertz CT molecular complexity index is 537. The summed E-state index contributed by atoms with van der Waals surface area (Å²) in [7, 11) is 0. The fourth-order valence-electron chi connectivity index (χ4n) is 2.18. The molecule has 0 amide bonds. The van der Waals surface area contributed by atoms with Gasteiger partial charge < -0.3 is 15.2 Å². The molecule has 0 aliphatic rings.